The highest BCUT2D eigenvalue weighted by Gasteiger charge is 2.06. The van der Waals surface area contributed by atoms with E-state index in [0.717, 1.165) is 11.4 Å². The molecule has 0 saturated heterocycles. The molecule has 0 radical (unpaired) electrons. The Bertz CT molecular complexity index is 257. The topological polar surface area (TPSA) is 56.0 Å². The summed E-state index contributed by atoms with van der Waals surface area (Å²) >= 11 is 1.52. The van der Waals surface area contributed by atoms with Gasteiger partial charge < -0.3 is 5.73 Å². The van der Waals surface area contributed by atoms with Gasteiger partial charge in [-0.15, -0.1) is 11.3 Å². The summed E-state index contributed by atoms with van der Waals surface area (Å²) in [4.78, 5) is 15.4. The zero-order valence-electron chi connectivity index (χ0n) is 7.69. The third-order valence-electron chi connectivity index (χ3n) is 1.71. The second-order valence-corrected chi connectivity index (χ2v) is 4.14. The fourth-order valence-electron chi connectivity index (χ4n) is 0.986. The van der Waals surface area contributed by atoms with E-state index in [1.54, 1.807) is 6.20 Å². The van der Waals surface area contributed by atoms with E-state index in [1.165, 1.54) is 11.3 Å². The lowest BCUT2D eigenvalue weighted by Gasteiger charge is -2.02. The molecule has 0 aliphatic carbocycles. The number of aromatic nitrogens is 1. The summed E-state index contributed by atoms with van der Waals surface area (Å²) in [5, 5.41) is 2.78. The van der Waals surface area contributed by atoms with Crippen molar-refractivity contribution in [3.8, 4) is 0 Å². The second kappa shape index (κ2) is 5.09. The first kappa shape index (κ1) is 10.3. The molecule has 4 heteroatoms. The van der Waals surface area contributed by atoms with Gasteiger partial charge in [0.05, 0.1) is 11.4 Å². The van der Waals surface area contributed by atoms with Gasteiger partial charge >= 0.3 is 0 Å². The van der Waals surface area contributed by atoms with Crippen LogP contribution in [0.15, 0.2) is 11.6 Å². The summed E-state index contributed by atoms with van der Waals surface area (Å²) in [6, 6.07) is 0.111. The van der Waals surface area contributed by atoms with Gasteiger partial charge in [-0.2, -0.15) is 0 Å². The fraction of sp³-hybridized carbons (Fsp3) is 0.556. The first-order valence-corrected chi connectivity index (χ1v) is 5.22. The molecule has 0 aliphatic rings. The van der Waals surface area contributed by atoms with Crippen molar-refractivity contribution in [2.75, 3.05) is 0 Å². The zero-order chi connectivity index (χ0) is 9.68. The number of ketones is 1. The van der Waals surface area contributed by atoms with Crippen LogP contribution in [0.2, 0.25) is 0 Å². The van der Waals surface area contributed by atoms with Crippen LogP contribution in [0, 0.1) is 0 Å². The molecule has 2 N–H and O–H groups in total. The molecular formula is C9H14N2OS. The lowest BCUT2D eigenvalue weighted by Crippen LogP contribution is -2.16. The third-order valence-corrected chi connectivity index (χ3v) is 2.49. The molecule has 1 rings (SSSR count). The van der Waals surface area contributed by atoms with Crippen molar-refractivity contribution >= 4 is 17.1 Å². The maximum absolute atomic E-state index is 11.3. The van der Waals surface area contributed by atoms with Gasteiger partial charge in [-0.3, -0.25) is 4.79 Å². The molecule has 1 aromatic rings. The minimum Gasteiger partial charge on any atom is -0.328 e. The van der Waals surface area contributed by atoms with Gasteiger partial charge in [0, 0.05) is 24.0 Å². The van der Waals surface area contributed by atoms with Crippen molar-refractivity contribution < 1.29 is 4.79 Å². The van der Waals surface area contributed by atoms with E-state index in [9.17, 15) is 4.79 Å². The highest BCUT2D eigenvalue weighted by molar-refractivity contribution is 7.09. The molecule has 1 heterocycles. The molecule has 0 amide bonds. The van der Waals surface area contributed by atoms with Crippen LogP contribution in [0.25, 0.3) is 0 Å². The molecule has 13 heavy (non-hydrogen) atoms. The lowest BCUT2D eigenvalue weighted by atomic mass is 10.1. The quantitative estimate of drug-likeness (QED) is 0.777. The Morgan fingerprint density at radius 2 is 2.54 bits per heavy atom. The molecule has 0 aliphatic heterocycles. The Morgan fingerprint density at radius 3 is 3.08 bits per heavy atom. The van der Waals surface area contributed by atoms with Gasteiger partial charge in [0.1, 0.15) is 5.78 Å². The van der Waals surface area contributed by atoms with E-state index in [1.807, 2.05) is 12.3 Å². The van der Waals surface area contributed by atoms with Gasteiger partial charge in [0.15, 0.2) is 0 Å². The third kappa shape index (κ3) is 4.15. The molecule has 0 bridgehead atoms. The van der Waals surface area contributed by atoms with Gasteiger partial charge in [0.25, 0.3) is 0 Å². The van der Waals surface area contributed by atoms with Gasteiger partial charge in [-0.1, -0.05) is 0 Å². The second-order valence-electron chi connectivity index (χ2n) is 3.16. The van der Waals surface area contributed by atoms with E-state index in [4.69, 9.17) is 5.73 Å². The van der Waals surface area contributed by atoms with Crippen LogP contribution in [0.4, 0.5) is 0 Å². The van der Waals surface area contributed by atoms with Crippen molar-refractivity contribution in [1.82, 2.24) is 4.98 Å². The summed E-state index contributed by atoms with van der Waals surface area (Å²) in [5.74, 6) is 0.229. The highest BCUT2D eigenvalue weighted by Crippen LogP contribution is 2.07. The molecule has 1 aromatic heterocycles. The van der Waals surface area contributed by atoms with E-state index in [-0.39, 0.29) is 11.8 Å². The number of carbonyl (C=O) groups excluding carboxylic acids is 1. The van der Waals surface area contributed by atoms with Crippen LogP contribution in [-0.4, -0.2) is 16.8 Å². The lowest BCUT2D eigenvalue weighted by molar-refractivity contribution is -0.118. The number of thiazole rings is 1. The molecule has 0 fully saturated rings. The van der Waals surface area contributed by atoms with E-state index in [2.05, 4.69) is 4.98 Å². The van der Waals surface area contributed by atoms with Crippen molar-refractivity contribution in [2.45, 2.75) is 32.2 Å². The predicted octanol–water partition coefficient (Wildman–Crippen LogP) is 1.38. The molecule has 1 unspecified atom stereocenters. The number of nitrogens with two attached hydrogens (primary N) is 1. The normalized spacial score (nSPS) is 12.8. The van der Waals surface area contributed by atoms with Crippen LogP contribution in [0.5, 0.6) is 0 Å². The smallest absolute Gasteiger partial charge is 0.139 e. The summed E-state index contributed by atoms with van der Waals surface area (Å²) < 4.78 is 0. The minimum atomic E-state index is 0.111. The van der Waals surface area contributed by atoms with Crippen LogP contribution < -0.4 is 5.73 Å². The minimum absolute atomic E-state index is 0.111. The Kier molecular flexibility index (Phi) is 4.05. The summed E-state index contributed by atoms with van der Waals surface area (Å²) in [5.41, 5.74) is 5.55. The van der Waals surface area contributed by atoms with Crippen LogP contribution in [0.1, 0.15) is 24.8 Å². The van der Waals surface area contributed by atoms with Crippen molar-refractivity contribution in [1.29, 1.82) is 0 Å². The van der Waals surface area contributed by atoms with Crippen molar-refractivity contribution in [3.63, 3.8) is 0 Å². The number of rotatable bonds is 5. The SMILES string of the molecule is CC(N)CCC(=O)Cc1nccs1. The van der Waals surface area contributed by atoms with Gasteiger partial charge in [-0.25, -0.2) is 4.98 Å². The number of hydrogen-bond donors (Lipinski definition) is 1. The van der Waals surface area contributed by atoms with E-state index >= 15 is 0 Å². The van der Waals surface area contributed by atoms with E-state index < -0.39 is 0 Å². The first-order chi connectivity index (χ1) is 6.18. The molecule has 72 valence electrons. The molecule has 1 atom stereocenters. The van der Waals surface area contributed by atoms with Crippen molar-refractivity contribution in [2.24, 2.45) is 5.73 Å². The largest absolute Gasteiger partial charge is 0.328 e. The zero-order valence-corrected chi connectivity index (χ0v) is 8.51. The number of Topliss-reactive ketones (excluding diaryl/α,β-unsaturated/α-hetero) is 1. The molecule has 3 nitrogen and oxygen atoms in total. The molecular weight excluding hydrogens is 184 g/mol. The number of hydrogen-bond acceptors (Lipinski definition) is 4. The average Bonchev–Trinajstić information content (AvgIpc) is 2.53. The summed E-state index contributed by atoms with van der Waals surface area (Å²) in [7, 11) is 0. The van der Waals surface area contributed by atoms with Crippen molar-refractivity contribution in [3.05, 3.63) is 16.6 Å². The monoisotopic (exact) mass is 198 g/mol. The summed E-state index contributed by atoms with van der Waals surface area (Å²) in [6.07, 6.45) is 3.52. The maximum Gasteiger partial charge on any atom is 0.139 e. The fourth-order valence-corrected chi connectivity index (χ4v) is 1.63. The standard InChI is InChI=1S/C9H14N2OS/c1-7(10)2-3-8(12)6-9-11-4-5-13-9/h4-5,7H,2-3,6,10H2,1H3. The predicted molar refractivity (Wildman–Crippen MR) is 53.7 cm³/mol. The van der Waals surface area contributed by atoms with Crippen LogP contribution in [0.3, 0.4) is 0 Å². The Labute approximate surface area is 82.0 Å². The number of carbonyl (C=O) groups is 1. The summed E-state index contributed by atoms with van der Waals surface area (Å²) in [6.45, 7) is 1.91. The maximum atomic E-state index is 11.3. The average molecular weight is 198 g/mol. The van der Waals surface area contributed by atoms with Gasteiger partial charge in [0.2, 0.25) is 0 Å². The van der Waals surface area contributed by atoms with Gasteiger partial charge in [-0.05, 0) is 13.3 Å². The highest BCUT2D eigenvalue weighted by atomic mass is 32.1. The van der Waals surface area contributed by atoms with Crippen LogP contribution >= 0.6 is 11.3 Å². The molecule has 0 spiro atoms. The Hall–Kier alpha value is -0.740. The van der Waals surface area contributed by atoms with E-state index in [0.29, 0.717) is 12.8 Å². The Balaban J connectivity index is 2.26. The Morgan fingerprint density at radius 1 is 1.77 bits per heavy atom. The molecule has 0 saturated carbocycles. The first-order valence-electron chi connectivity index (χ1n) is 4.34. The molecule has 0 aromatic carbocycles. The van der Waals surface area contributed by atoms with Crippen LogP contribution in [-0.2, 0) is 11.2 Å². The number of nitrogens with zero attached hydrogens (tertiary/aromatic N) is 1.